The summed E-state index contributed by atoms with van der Waals surface area (Å²) in [6, 6.07) is 6.19. The fourth-order valence-corrected chi connectivity index (χ4v) is 5.70. The van der Waals surface area contributed by atoms with E-state index in [1.165, 1.54) is 24.2 Å². The second-order valence-electron chi connectivity index (χ2n) is 6.59. The van der Waals surface area contributed by atoms with Gasteiger partial charge >= 0.3 is 0 Å². The van der Waals surface area contributed by atoms with Crippen molar-refractivity contribution < 1.29 is 8.42 Å². The smallest absolute Gasteiger partial charge is 0.267 e. The number of sulfonamides is 1. The molecule has 1 saturated carbocycles. The zero-order valence-electron chi connectivity index (χ0n) is 14.2. The third-order valence-electron chi connectivity index (χ3n) is 4.63. The number of hydrogen-bond donors (Lipinski definition) is 1. The molecule has 4 rings (SSSR count). The van der Waals surface area contributed by atoms with E-state index in [-0.39, 0.29) is 4.90 Å². The van der Waals surface area contributed by atoms with Crippen molar-refractivity contribution in [1.82, 2.24) is 14.8 Å². The summed E-state index contributed by atoms with van der Waals surface area (Å²) in [6.07, 6.45) is 6.13. The highest BCUT2D eigenvalue weighted by Gasteiger charge is 2.25. The molecule has 2 heterocycles. The number of benzene rings is 1. The first kappa shape index (κ1) is 16.5. The summed E-state index contributed by atoms with van der Waals surface area (Å²) in [4.78, 5) is 4.61. The van der Waals surface area contributed by atoms with Gasteiger partial charge in [0.1, 0.15) is 4.90 Å². The van der Waals surface area contributed by atoms with Crippen LogP contribution in [-0.2, 0) is 10.0 Å². The lowest BCUT2D eigenvalue weighted by molar-refractivity contribution is 0.464. The third-order valence-corrected chi connectivity index (χ3v) is 7.13. The van der Waals surface area contributed by atoms with Crippen molar-refractivity contribution in [2.45, 2.75) is 50.5 Å². The predicted octanol–water partition coefficient (Wildman–Crippen LogP) is 4.03. The van der Waals surface area contributed by atoms with Crippen molar-refractivity contribution in [3.8, 4) is 0 Å². The lowest BCUT2D eigenvalue weighted by Crippen LogP contribution is -2.13. The fourth-order valence-electron chi connectivity index (χ4n) is 3.33. The predicted molar refractivity (Wildman–Crippen MR) is 99.6 cm³/mol. The average Bonchev–Trinajstić information content (AvgIpc) is 3.24. The molecule has 6 nitrogen and oxygen atoms in total. The molecule has 1 aliphatic carbocycles. The molecule has 132 valence electrons. The number of thiazole rings is 1. The van der Waals surface area contributed by atoms with Gasteiger partial charge in [-0.25, -0.2) is 13.4 Å². The second kappa shape index (κ2) is 6.10. The lowest BCUT2D eigenvalue weighted by atomic mass is 10.2. The van der Waals surface area contributed by atoms with Gasteiger partial charge in [0.15, 0.2) is 5.13 Å². The normalized spacial score (nSPS) is 15.9. The quantitative estimate of drug-likeness (QED) is 0.746. The SMILES string of the molecule is Cc1ccc2nc(NS(=O)(=O)c3cn(C4CCCC4)nc3C)sc2c1. The molecular formula is C17H20N4O2S2. The van der Waals surface area contributed by atoms with Gasteiger partial charge in [-0.1, -0.05) is 30.2 Å². The van der Waals surface area contributed by atoms with Gasteiger partial charge < -0.3 is 0 Å². The molecule has 0 atom stereocenters. The van der Waals surface area contributed by atoms with Gasteiger partial charge in [0.2, 0.25) is 0 Å². The minimum Gasteiger partial charge on any atom is -0.268 e. The Morgan fingerprint density at radius 2 is 2.00 bits per heavy atom. The molecule has 1 fully saturated rings. The van der Waals surface area contributed by atoms with Crippen molar-refractivity contribution in [3.63, 3.8) is 0 Å². The lowest BCUT2D eigenvalue weighted by Gasteiger charge is -2.08. The van der Waals surface area contributed by atoms with Gasteiger partial charge in [0, 0.05) is 6.20 Å². The number of nitrogens with one attached hydrogen (secondary N) is 1. The maximum Gasteiger partial charge on any atom is 0.267 e. The zero-order chi connectivity index (χ0) is 17.6. The molecule has 25 heavy (non-hydrogen) atoms. The highest BCUT2D eigenvalue weighted by molar-refractivity contribution is 7.93. The Bertz CT molecular complexity index is 1030. The number of aromatic nitrogens is 3. The van der Waals surface area contributed by atoms with E-state index >= 15 is 0 Å². The molecule has 0 spiro atoms. The molecule has 3 aromatic rings. The van der Waals surface area contributed by atoms with E-state index in [4.69, 9.17) is 0 Å². The van der Waals surface area contributed by atoms with Crippen molar-refractivity contribution in [1.29, 1.82) is 0 Å². The van der Waals surface area contributed by atoms with Gasteiger partial charge in [-0.2, -0.15) is 5.10 Å². The molecule has 2 aromatic heterocycles. The van der Waals surface area contributed by atoms with E-state index in [1.54, 1.807) is 13.1 Å². The summed E-state index contributed by atoms with van der Waals surface area (Å²) >= 11 is 1.34. The van der Waals surface area contributed by atoms with Crippen LogP contribution >= 0.6 is 11.3 Å². The Kier molecular flexibility index (Phi) is 4.04. The molecule has 1 aliphatic rings. The number of anilines is 1. The first-order valence-electron chi connectivity index (χ1n) is 8.38. The summed E-state index contributed by atoms with van der Waals surface area (Å²) in [6.45, 7) is 3.74. The van der Waals surface area contributed by atoms with Crippen LogP contribution in [0.1, 0.15) is 43.0 Å². The number of aryl methyl sites for hydroxylation is 2. The zero-order valence-corrected chi connectivity index (χ0v) is 15.8. The van der Waals surface area contributed by atoms with E-state index in [0.717, 1.165) is 28.6 Å². The molecule has 1 aromatic carbocycles. The maximum atomic E-state index is 12.8. The van der Waals surface area contributed by atoms with Crippen LogP contribution in [0.5, 0.6) is 0 Å². The summed E-state index contributed by atoms with van der Waals surface area (Å²) < 4.78 is 31.0. The number of nitrogens with zero attached hydrogens (tertiary/aromatic N) is 3. The van der Waals surface area contributed by atoms with Gasteiger partial charge in [-0.3, -0.25) is 9.40 Å². The van der Waals surface area contributed by atoms with Crippen molar-refractivity contribution in [2.24, 2.45) is 0 Å². The van der Waals surface area contributed by atoms with Crippen LogP contribution in [0.15, 0.2) is 29.3 Å². The number of hydrogen-bond acceptors (Lipinski definition) is 5. The van der Waals surface area contributed by atoms with Crippen molar-refractivity contribution >= 4 is 36.7 Å². The number of rotatable bonds is 4. The minimum absolute atomic E-state index is 0.231. The van der Waals surface area contributed by atoms with Crippen LogP contribution in [0, 0.1) is 13.8 Å². The molecule has 0 bridgehead atoms. The minimum atomic E-state index is -3.70. The molecule has 1 N–H and O–H groups in total. The Balaban J connectivity index is 1.64. The average molecular weight is 377 g/mol. The number of fused-ring (bicyclic) bond motifs is 1. The first-order chi connectivity index (χ1) is 11.9. The monoisotopic (exact) mass is 376 g/mol. The van der Waals surface area contributed by atoms with Crippen LogP contribution in [0.4, 0.5) is 5.13 Å². The second-order valence-corrected chi connectivity index (χ2v) is 9.27. The van der Waals surface area contributed by atoms with Crippen LogP contribution in [0.2, 0.25) is 0 Å². The van der Waals surface area contributed by atoms with E-state index < -0.39 is 10.0 Å². The van der Waals surface area contributed by atoms with Crippen LogP contribution in [-0.4, -0.2) is 23.2 Å². The largest absolute Gasteiger partial charge is 0.268 e. The third kappa shape index (κ3) is 3.16. The van der Waals surface area contributed by atoms with E-state index in [1.807, 2.05) is 29.8 Å². The van der Waals surface area contributed by atoms with Crippen molar-refractivity contribution in [2.75, 3.05) is 4.72 Å². The van der Waals surface area contributed by atoms with Crippen LogP contribution < -0.4 is 4.72 Å². The van der Waals surface area contributed by atoms with E-state index in [2.05, 4.69) is 14.8 Å². The van der Waals surface area contributed by atoms with Crippen molar-refractivity contribution in [3.05, 3.63) is 35.7 Å². The fraction of sp³-hybridized carbons (Fsp3) is 0.412. The molecule has 0 radical (unpaired) electrons. The van der Waals surface area contributed by atoms with Gasteiger partial charge in [-0.05, 0) is 44.4 Å². The molecule has 0 aliphatic heterocycles. The molecule has 8 heteroatoms. The van der Waals surface area contributed by atoms with Crippen LogP contribution in [0.25, 0.3) is 10.2 Å². The van der Waals surface area contributed by atoms with E-state index in [0.29, 0.717) is 16.9 Å². The maximum absolute atomic E-state index is 12.8. The Hall–Kier alpha value is -1.93. The molecule has 0 unspecified atom stereocenters. The van der Waals surface area contributed by atoms with E-state index in [9.17, 15) is 8.42 Å². The Morgan fingerprint density at radius 3 is 2.76 bits per heavy atom. The summed E-state index contributed by atoms with van der Waals surface area (Å²) in [5.41, 5.74) is 2.45. The molecular weight excluding hydrogens is 356 g/mol. The molecule has 0 saturated heterocycles. The standard InChI is InChI=1S/C17H20N4O2S2/c1-11-7-8-14-15(9-11)24-17(18-14)20-25(22,23)16-10-21(19-12(16)2)13-5-3-4-6-13/h7-10,13H,3-6H2,1-2H3,(H,18,20). The van der Waals surface area contributed by atoms with Gasteiger partial charge in [-0.15, -0.1) is 0 Å². The highest BCUT2D eigenvalue weighted by Crippen LogP contribution is 2.32. The summed E-state index contributed by atoms with van der Waals surface area (Å²) in [5.74, 6) is 0. The highest BCUT2D eigenvalue weighted by atomic mass is 32.2. The summed E-state index contributed by atoms with van der Waals surface area (Å²) in [7, 11) is -3.70. The van der Waals surface area contributed by atoms with Crippen LogP contribution in [0.3, 0.4) is 0 Å². The van der Waals surface area contributed by atoms with Gasteiger partial charge in [0.05, 0.1) is 22.0 Å². The first-order valence-corrected chi connectivity index (χ1v) is 10.7. The Labute approximate surface area is 150 Å². The van der Waals surface area contributed by atoms with Gasteiger partial charge in [0.25, 0.3) is 10.0 Å². The summed E-state index contributed by atoms with van der Waals surface area (Å²) in [5, 5.41) is 4.82. The molecule has 0 amide bonds. The Morgan fingerprint density at radius 1 is 1.24 bits per heavy atom. The topological polar surface area (TPSA) is 76.9 Å².